The van der Waals surface area contributed by atoms with Gasteiger partial charge in [0.2, 0.25) is 5.91 Å². The van der Waals surface area contributed by atoms with Gasteiger partial charge in [-0.3, -0.25) is 9.59 Å². The Labute approximate surface area is 95.3 Å². The summed E-state index contributed by atoms with van der Waals surface area (Å²) >= 11 is 0. The summed E-state index contributed by atoms with van der Waals surface area (Å²) in [7, 11) is 1.34. The molecule has 0 saturated carbocycles. The van der Waals surface area contributed by atoms with Crippen LogP contribution in [0.3, 0.4) is 0 Å². The van der Waals surface area contributed by atoms with E-state index in [0.29, 0.717) is 6.54 Å². The average Bonchev–Trinajstić information content (AvgIpc) is 2.70. The highest BCUT2D eigenvalue weighted by Crippen LogP contribution is 2.06. The second-order valence-corrected chi connectivity index (χ2v) is 3.31. The molecule has 0 aromatic rings. The Bertz CT molecular complexity index is 217. The molecule has 1 fully saturated rings. The number of esters is 1. The Morgan fingerprint density at radius 2 is 2.27 bits per heavy atom. The van der Waals surface area contributed by atoms with E-state index in [-0.39, 0.29) is 36.6 Å². The summed E-state index contributed by atoms with van der Waals surface area (Å²) in [6.07, 6.45) is 1.12. The van der Waals surface area contributed by atoms with Gasteiger partial charge >= 0.3 is 5.97 Å². The molecule has 1 amide bonds. The van der Waals surface area contributed by atoms with Gasteiger partial charge in [-0.25, -0.2) is 0 Å². The van der Waals surface area contributed by atoms with Crippen molar-refractivity contribution in [1.82, 2.24) is 10.6 Å². The Morgan fingerprint density at radius 3 is 2.80 bits per heavy atom. The second-order valence-electron chi connectivity index (χ2n) is 3.31. The molecule has 0 spiro atoms. The molecule has 0 radical (unpaired) electrons. The monoisotopic (exact) mass is 236 g/mol. The molecule has 1 aliphatic heterocycles. The normalized spacial score (nSPS) is 19.1. The van der Waals surface area contributed by atoms with Gasteiger partial charge in [0.15, 0.2) is 0 Å². The van der Waals surface area contributed by atoms with Gasteiger partial charge in [0.05, 0.1) is 19.4 Å². The van der Waals surface area contributed by atoms with Crippen molar-refractivity contribution < 1.29 is 14.3 Å². The molecule has 0 unspecified atom stereocenters. The first-order chi connectivity index (χ1) is 6.74. The van der Waals surface area contributed by atoms with E-state index in [9.17, 15) is 9.59 Å². The summed E-state index contributed by atoms with van der Waals surface area (Å²) in [4.78, 5) is 22.1. The summed E-state index contributed by atoms with van der Waals surface area (Å²) in [5, 5.41) is 5.82. The zero-order valence-corrected chi connectivity index (χ0v) is 9.56. The van der Waals surface area contributed by atoms with E-state index in [1.54, 1.807) is 0 Å². The summed E-state index contributed by atoms with van der Waals surface area (Å²) in [5.74, 6) is -0.207. The molecular formula is C9H17ClN2O3. The fraction of sp³-hybridized carbons (Fsp3) is 0.778. The number of rotatable bonds is 4. The summed E-state index contributed by atoms with van der Waals surface area (Å²) in [6, 6.07) is 0. The number of nitrogens with one attached hydrogen (secondary N) is 2. The summed E-state index contributed by atoms with van der Waals surface area (Å²) in [5.41, 5.74) is 0. The predicted octanol–water partition coefficient (Wildman–Crippen LogP) is -0.303. The highest BCUT2D eigenvalue weighted by molar-refractivity contribution is 5.85. The maximum atomic E-state index is 11.4. The SMILES string of the molecule is COC(=O)CCNC(=O)[C@@H]1CCNC1.Cl. The van der Waals surface area contributed by atoms with Crippen LogP contribution in [0.5, 0.6) is 0 Å². The first-order valence-corrected chi connectivity index (χ1v) is 4.79. The molecule has 1 heterocycles. The second kappa shape index (κ2) is 7.48. The molecule has 1 atom stereocenters. The minimum absolute atomic E-state index is 0. The maximum absolute atomic E-state index is 11.4. The zero-order valence-electron chi connectivity index (χ0n) is 8.75. The number of hydrogen-bond donors (Lipinski definition) is 2. The van der Waals surface area contributed by atoms with Crippen LogP contribution in [0.1, 0.15) is 12.8 Å². The van der Waals surface area contributed by atoms with E-state index >= 15 is 0 Å². The third-order valence-corrected chi connectivity index (χ3v) is 2.29. The molecular weight excluding hydrogens is 220 g/mol. The van der Waals surface area contributed by atoms with Crippen LogP contribution >= 0.6 is 12.4 Å². The van der Waals surface area contributed by atoms with Gasteiger partial charge in [-0.05, 0) is 13.0 Å². The van der Waals surface area contributed by atoms with Crippen LogP contribution in [-0.2, 0) is 14.3 Å². The lowest BCUT2D eigenvalue weighted by Crippen LogP contribution is -2.33. The van der Waals surface area contributed by atoms with Crippen molar-refractivity contribution in [2.75, 3.05) is 26.7 Å². The van der Waals surface area contributed by atoms with E-state index in [2.05, 4.69) is 15.4 Å². The fourth-order valence-corrected chi connectivity index (χ4v) is 1.41. The minimum Gasteiger partial charge on any atom is -0.469 e. The van der Waals surface area contributed by atoms with Crippen LogP contribution < -0.4 is 10.6 Å². The maximum Gasteiger partial charge on any atom is 0.307 e. The van der Waals surface area contributed by atoms with E-state index in [0.717, 1.165) is 19.5 Å². The molecule has 6 heteroatoms. The topological polar surface area (TPSA) is 67.4 Å². The van der Waals surface area contributed by atoms with Crippen LogP contribution in [0.2, 0.25) is 0 Å². The Morgan fingerprint density at radius 1 is 1.53 bits per heavy atom. The smallest absolute Gasteiger partial charge is 0.307 e. The number of halogens is 1. The molecule has 0 aromatic heterocycles. The zero-order chi connectivity index (χ0) is 10.4. The third-order valence-electron chi connectivity index (χ3n) is 2.29. The van der Waals surface area contributed by atoms with Gasteiger partial charge in [0.25, 0.3) is 0 Å². The Kier molecular flexibility index (Phi) is 7.07. The van der Waals surface area contributed by atoms with Gasteiger partial charge in [-0.1, -0.05) is 0 Å². The van der Waals surface area contributed by atoms with Crippen LogP contribution in [0, 0.1) is 5.92 Å². The molecule has 0 bridgehead atoms. The molecule has 15 heavy (non-hydrogen) atoms. The highest BCUT2D eigenvalue weighted by Gasteiger charge is 2.21. The molecule has 0 aromatic carbocycles. The quantitative estimate of drug-likeness (QED) is 0.658. The summed E-state index contributed by atoms with van der Waals surface area (Å²) < 4.78 is 4.45. The van der Waals surface area contributed by atoms with Crippen molar-refractivity contribution in [3.63, 3.8) is 0 Å². The molecule has 1 rings (SSSR count). The van der Waals surface area contributed by atoms with Gasteiger partial charge in [-0.15, -0.1) is 12.4 Å². The van der Waals surface area contributed by atoms with Crippen molar-refractivity contribution in [3.8, 4) is 0 Å². The lowest BCUT2D eigenvalue weighted by atomic mass is 10.1. The molecule has 5 nitrogen and oxygen atoms in total. The minimum atomic E-state index is -0.296. The molecule has 0 aliphatic carbocycles. The van der Waals surface area contributed by atoms with E-state index in [1.807, 2.05) is 0 Å². The number of hydrogen-bond acceptors (Lipinski definition) is 4. The predicted molar refractivity (Wildman–Crippen MR) is 57.9 cm³/mol. The largest absolute Gasteiger partial charge is 0.469 e. The number of amides is 1. The van der Waals surface area contributed by atoms with E-state index in [4.69, 9.17) is 0 Å². The van der Waals surface area contributed by atoms with E-state index < -0.39 is 0 Å². The van der Waals surface area contributed by atoms with Gasteiger partial charge in [-0.2, -0.15) is 0 Å². The number of ether oxygens (including phenoxy) is 1. The average molecular weight is 237 g/mol. The summed E-state index contributed by atoms with van der Waals surface area (Å²) in [6.45, 7) is 2.00. The van der Waals surface area contributed by atoms with Crippen LogP contribution in [0.25, 0.3) is 0 Å². The molecule has 1 saturated heterocycles. The molecule has 1 aliphatic rings. The number of methoxy groups -OCH3 is 1. The first-order valence-electron chi connectivity index (χ1n) is 4.79. The van der Waals surface area contributed by atoms with Gasteiger partial charge < -0.3 is 15.4 Å². The van der Waals surface area contributed by atoms with E-state index in [1.165, 1.54) is 7.11 Å². The van der Waals surface area contributed by atoms with Crippen molar-refractivity contribution in [3.05, 3.63) is 0 Å². The molecule has 88 valence electrons. The third kappa shape index (κ3) is 4.99. The highest BCUT2D eigenvalue weighted by atomic mass is 35.5. The Balaban J connectivity index is 0.00000196. The Hall–Kier alpha value is -0.810. The molecule has 2 N–H and O–H groups in total. The number of carbonyl (C=O) groups excluding carboxylic acids is 2. The van der Waals surface area contributed by atoms with Crippen molar-refractivity contribution in [1.29, 1.82) is 0 Å². The van der Waals surface area contributed by atoms with Crippen molar-refractivity contribution >= 4 is 24.3 Å². The number of carbonyl (C=O) groups is 2. The standard InChI is InChI=1S/C9H16N2O3.ClH/c1-14-8(12)3-5-11-9(13)7-2-4-10-6-7;/h7,10H,2-6H2,1H3,(H,11,13);1H/t7-;/m1./s1. The van der Waals surface area contributed by atoms with Gasteiger partial charge in [0.1, 0.15) is 0 Å². The van der Waals surface area contributed by atoms with Crippen LogP contribution in [-0.4, -0.2) is 38.6 Å². The lowest BCUT2D eigenvalue weighted by Gasteiger charge is -2.08. The lowest BCUT2D eigenvalue weighted by molar-refractivity contribution is -0.140. The fourth-order valence-electron chi connectivity index (χ4n) is 1.41. The van der Waals surface area contributed by atoms with Crippen LogP contribution in [0.15, 0.2) is 0 Å². The van der Waals surface area contributed by atoms with Gasteiger partial charge in [0, 0.05) is 13.1 Å². The van der Waals surface area contributed by atoms with Crippen LogP contribution in [0.4, 0.5) is 0 Å². The van der Waals surface area contributed by atoms with Crippen molar-refractivity contribution in [2.24, 2.45) is 5.92 Å². The van der Waals surface area contributed by atoms with Crippen molar-refractivity contribution in [2.45, 2.75) is 12.8 Å². The first kappa shape index (κ1) is 14.2.